The summed E-state index contributed by atoms with van der Waals surface area (Å²) in [5, 5.41) is 0. The first kappa shape index (κ1) is 15.3. The molecule has 1 aromatic heterocycles. The average molecular weight is 353 g/mol. The van der Waals surface area contributed by atoms with Crippen molar-refractivity contribution in [1.29, 1.82) is 0 Å². The third-order valence-electron chi connectivity index (χ3n) is 2.71. The molecule has 2 aromatic rings. The molecule has 1 aromatic carbocycles. The molecular weight excluding hydrogens is 336 g/mol. The number of hydrazine groups is 1. The van der Waals surface area contributed by atoms with Gasteiger partial charge in [-0.05, 0) is 30.2 Å². The van der Waals surface area contributed by atoms with Crippen molar-refractivity contribution in [2.24, 2.45) is 5.84 Å². The van der Waals surface area contributed by atoms with Gasteiger partial charge in [-0.2, -0.15) is 0 Å². The van der Waals surface area contributed by atoms with Crippen LogP contribution < -0.4 is 11.3 Å². The summed E-state index contributed by atoms with van der Waals surface area (Å²) in [7, 11) is 0. The number of halogens is 1. The lowest BCUT2D eigenvalue weighted by Crippen LogP contribution is -2.11. The summed E-state index contributed by atoms with van der Waals surface area (Å²) in [6.45, 7) is 4.21. The van der Waals surface area contributed by atoms with Gasteiger partial charge in [0.25, 0.3) is 0 Å². The van der Waals surface area contributed by atoms with Gasteiger partial charge in [0, 0.05) is 21.1 Å². The van der Waals surface area contributed by atoms with Gasteiger partial charge in [0.15, 0.2) is 0 Å². The van der Waals surface area contributed by atoms with Crippen molar-refractivity contribution in [3.05, 3.63) is 46.3 Å². The van der Waals surface area contributed by atoms with E-state index in [1.54, 1.807) is 11.8 Å². The smallest absolute Gasteiger partial charge is 0.143 e. The predicted octanol–water partition coefficient (Wildman–Crippen LogP) is 3.94. The first-order chi connectivity index (χ1) is 9.58. The standard InChI is InChI=1S/C14H17BrN4S/c1-9(2)12-7-13(19-16)18-14(17-12)8-20-11-5-3-10(15)4-6-11/h3-7,9H,8,16H2,1-2H3,(H,17,18,19). The van der Waals surface area contributed by atoms with E-state index in [1.807, 2.05) is 18.2 Å². The second-order valence-electron chi connectivity index (χ2n) is 4.64. The van der Waals surface area contributed by atoms with E-state index < -0.39 is 0 Å². The van der Waals surface area contributed by atoms with Crippen LogP contribution in [0.1, 0.15) is 31.3 Å². The number of aromatic nitrogens is 2. The summed E-state index contributed by atoms with van der Waals surface area (Å²) in [5.41, 5.74) is 3.60. The molecule has 0 spiro atoms. The van der Waals surface area contributed by atoms with Crippen molar-refractivity contribution in [3.63, 3.8) is 0 Å². The van der Waals surface area contributed by atoms with E-state index in [4.69, 9.17) is 5.84 Å². The van der Waals surface area contributed by atoms with Gasteiger partial charge in [-0.15, -0.1) is 11.8 Å². The van der Waals surface area contributed by atoms with Crippen LogP contribution in [0.15, 0.2) is 39.7 Å². The van der Waals surface area contributed by atoms with Crippen LogP contribution in [-0.2, 0) is 5.75 Å². The number of thioether (sulfide) groups is 1. The molecule has 0 radical (unpaired) electrons. The summed E-state index contributed by atoms with van der Waals surface area (Å²) in [4.78, 5) is 10.2. The van der Waals surface area contributed by atoms with Crippen molar-refractivity contribution in [3.8, 4) is 0 Å². The normalized spacial score (nSPS) is 10.8. The van der Waals surface area contributed by atoms with E-state index in [9.17, 15) is 0 Å². The Hall–Kier alpha value is -1.11. The SMILES string of the molecule is CC(C)c1cc(NN)nc(CSc2ccc(Br)cc2)n1. The maximum Gasteiger partial charge on any atom is 0.143 e. The second kappa shape index (κ2) is 7.06. The Morgan fingerprint density at radius 2 is 1.95 bits per heavy atom. The molecule has 0 amide bonds. The summed E-state index contributed by atoms with van der Waals surface area (Å²) >= 11 is 5.14. The third kappa shape index (κ3) is 4.19. The third-order valence-corrected chi connectivity index (χ3v) is 4.25. The number of nitrogens with one attached hydrogen (secondary N) is 1. The molecule has 1 heterocycles. The molecule has 4 nitrogen and oxygen atoms in total. The van der Waals surface area contributed by atoms with Gasteiger partial charge in [0.05, 0.1) is 5.75 Å². The number of nitrogens with zero attached hydrogens (tertiary/aromatic N) is 2. The molecule has 106 valence electrons. The second-order valence-corrected chi connectivity index (χ2v) is 6.60. The van der Waals surface area contributed by atoms with Crippen LogP contribution in [0.3, 0.4) is 0 Å². The van der Waals surface area contributed by atoms with Gasteiger partial charge >= 0.3 is 0 Å². The molecular formula is C14H17BrN4S. The molecule has 0 bridgehead atoms. The topological polar surface area (TPSA) is 63.8 Å². The quantitative estimate of drug-likeness (QED) is 0.484. The zero-order valence-corrected chi connectivity index (χ0v) is 13.8. The Balaban J connectivity index is 2.12. The molecule has 2 rings (SSSR count). The van der Waals surface area contributed by atoms with Crippen molar-refractivity contribution in [1.82, 2.24) is 9.97 Å². The number of rotatable bonds is 5. The van der Waals surface area contributed by atoms with E-state index in [2.05, 4.69) is 57.3 Å². The van der Waals surface area contributed by atoms with Gasteiger partial charge in [-0.3, -0.25) is 0 Å². The Labute approximate surface area is 131 Å². The molecule has 0 saturated heterocycles. The van der Waals surface area contributed by atoms with Gasteiger partial charge in [-0.25, -0.2) is 15.8 Å². The number of anilines is 1. The number of benzene rings is 1. The van der Waals surface area contributed by atoms with Gasteiger partial charge in [0.1, 0.15) is 11.6 Å². The molecule has 3 N–H and O–H groups in total. The molecule has 6 heteroatoms. The van der Waals surface area contributed by atoms with E-state index >= 15 is 0 Å². The predicted molar refractivity (Wildman–Crippen MR) is 87.6 cm³/mol. The van der Waals surface area contributed by atoms with Gasteiger partial charge in [-0.1, -0.05) is 29.8 Å². The van der Waals surface area contributed by atoms with E-state index in [0.717, 1.165) is 21.7 Å². The van der Waals surface area contributed by atoms with Gasteiger partial charge in [0.2, 0.25) is 0 Å². The van der Waals surface area contributed by atoms with Crippen molar-refractivity contribution >= 4 is 33.5 Å². The Morgan fingerprint density at radius 1 is 1.25 bits per heavy atom. The fraction of sp³-hybridized carbons (Fsp3) is 0.286. The maximum atomic E-state index is 5.46. The number of hydrogen-bond acceptors (Lipinski definition) is 5. The highest BCUT2D eigenvalue weighted by Gasteiger charge is 2.08. The number of hydrogen-bond donors (Lipinski definition) is 2. The highest BCUT2D eigenvalue weighted by Crippen LogP contribution is 2.24. The summed E-state index contributed by atoms with van der Waals surface area (Å²) in [6.07, 6.45) is 0. The highest BCUT2D eigenvalue weighted by molar-refractivity contribution is 9.10. The fourth-order valence-corrected chi connectivity index (χ4v) is 2.65. The lowest BCUT2D eigenvalue weighted by atomic mass is 10.1. The van der Waals surface area contributed by atoms with Crippen LogP contribution in [0.2, 0.25) is 0 Å². The minimum absolute atomic E-state index is 0.349. The summed E-state index contributed by atoms with van der Waals surface area (Å²) < 4.78 is 1.08. The van der Waals surface area contributed by atoms with Crippen LogP contribution in [0.5, 0.6) is 0 Å². The van der Waals surface area contributed by atoms with Crippen LogP contribution in [0.4, 0.5) is 5.82 Å². The Kier molecular flexibility index (Phi) is 5.39. The zero-order valence-electron chi connectivity index (χ0n) is 11.4. The minimum atomic E-state index is 0.349. The maximum absolute atomic E-state index is 5.46. The monoisotopic (exact) mass is 352 g/mol. The number of nitrogens with two attached hydrogens (primary N) is 1. The van der Waals surface area contributed by atoms with Crippen molar-refractivity contribution in [2.45, 2.75) is 30.4 Å². The Bertz CT molecular complexity index is 572. The van der Waals surface area contributed by atoms with E-state index in [-0.39, 0.29) is 0 Å². The summed E-state index contributed by atoms with van der Waals surface area (Å²) in [6, 6.07) is 10.1. The van der Waals surface area contributed by atoms with Gasteiger partial charge < -0.3 is 5.43 Å². The lowest BCUT2D eigenvalue weighted by molar-refractivity contribution is 0.800. The fourth-order valence-electron chi connectivity index (χ4n) is 1.63. The number of nitrogen functional groups attached to an aromatic ring is 1. The highest BCUT2D eigenvalue weighted by atomic mass is 79.9. The van der Waals surface area contributed by atoms with Crippen LogP contribution in [0, 0.1) is 0 Å². The van der Waals surface area contributed by atoms with Crippen LogP contribution in [0.25, 0.3) is 0 Å². The molecule has 20 heavy (non-hydrogen) atoms. The van der Waals surface area contributed by atoms with Crippen molar-refractivity contribution < 1.29 is 0 Å². The molecule has 0 atom stereocenters. The Morgan fingerprint density at radius 3 is 2.55 bits per heavy atom. The largest absolute Gasteiger partial charge is 0.308 e. The first-order valence-corrected chi connectivity index (χ1v) is 8.09. The molecule has 0 aliphatic carbocycles. The lowest BCUT2D eigenvalue weighted by Gasteiger charge is -2.09. The zero-order chi connectivity index (χ0) is 14.5. The summed E-state index contributed by atoms with van der Waals surface area (Å²) in [5.74, 6) is 7.98. The first-order valence-electron chi connectivity index (χ1n) is 6.31. The molecule has 0 fully saturated rings. The van der Waals surface area contributed by atoms with E-state index in [0.29, 0.717) is 11.7 Å². The molecule has 0 aliphatic heterocycles. The van der Waals surface area contributed by atoms with Crippen LogP contribution >= 0.6 is 27.7 Å². The van der Waals surface area contributed by atoms with E-state index in [1.165, 1.54) is 4.90 Å². The van der Waals surface area contributed by atoms with Crippen molar-refractivity contribution in [2.75, 3.05) is 5.43 Å². The molecule has 0 saturated carbocycles. The average Bonchev–Trinajstić information content (AvgIpc) is 2.46. The molecule has 0 unspecified atom stereocenters. The van der Waals surface area contributed by atoms with Crippen LogP contribution in [-0.4, -0.2) is 9.97 Å². The molecule has 0 aliphatic rings. The minimum Gasteiger partial charge on any atom is -0.308 e.